The molecule has 1 aliphatic heterocycles. The second-order valence-electron chi connectivity index (χ2n) is 4.80. The van der Waals surface area contributed by atoms with Crippen LogP contribution < -0.4 is 9.91 Å². The molecule has 0 aliphatic carbocycles. The lowest BCUT2D eigenvalue weighted by molar-refractivity contribution is -1.01. The van der Waals surface area contributed by atoms with Crippen LogP contribution in [0.1, 0.15) is 0 Å². The van der Waals surface area contributed by atoms with Gasteiger partial charge in [-0.05, 0) is 12.1 Å². The van der Waals surface area contributed by atoms with E-state index in [0.717, 1.165) is 39.3 Å². The van der Waals surface area contributed by atoms with Gasteiger partial charge in [0, 0.05) is 19.8 Å². The van der Waals surface area contributed by atoms with Crippen LogP contribution in [0.5, 0.6) is 0 Å². The first-order valence-corrected chi connectivity index (χ1v) is 6.66. The lowest BCUT2D eigenvalue weighted by Crippen LogP contribution is -3.20. The average Bonchev–Trinajstić information content (AvgIpc) is 2.46. The third kappa shape index (κ3) is 3.45. The Morgan fingerprint density at radius 2 is 1.89 bits per heavy atom. The van der Waals surface area contributed by atoms with Crippen molar-refractivity contribution >= 4 is 5.69 Å². The van der Waals surface area contributed by atoms with Crippen molar-refractivity contribution in [1.29, 1.82) is 0 Å². The standard InChI is InChI=1S/C14H23N3O/c1-15(12-13-18-2)17-10-8-16(9-11-17)14-6-4-3-5-7-14/h3-7H,8-13H2,1-2H3/p+1. The first kappa shape index (κ1) is 13.3. The molecule has 18 heavy (non-hydrogen) atoms. The van der Waals surface area contributed by atoms with Gasteiger partial charge < -0.3 is 9.64 Å². The molecule has 0 amide bonds. The minimum atomic E-state index is 0.808. The number of quaternary nitrogens is 1. The van der Waals surface area contributed by atoms with E-state index in [2.05, 4.69) is 47.3 Å². The molecule has 1 heterocycles. The van der Waals surface area contributed by atoms with Gasteiger partial charge in [-0.1, -0.05) is 18.2 Å². The van der Waals surface area contributed by atoms with Gasteiger partial charge in [0.2, 0.25) is 0 Å². The molecular formula is C14H24N3O+. The largest absolute Gasteiger partial charge is 0.383 e. The zero-order valence-corrected chi connectivity index (χ0v) is 11.4. The van der Waals surface area contributed by atoms with Crippen molar-refractivity contribution in [3.05, 3.63) is 30.3 Å². The van der Waals surface area contributed by atoms with Crippen LogP contribution in [0.2, 0.25) is 0 Å². The SMILES string of the molecule is COCCN(C)[NH+]1CCN(c2ccccc2)CC1. The summed E-state index contributed by atoms with van der Waals surface area (Å²) in [5, 5.41) is 3.91. The maximum Gasteiger partial charge on any atom is 0.113 e. The molecule has 0 radical (unpaired) electrons. The van der Waals surface area contributed by atoms with E-state index in [9.17, 15) is 0 Å². The van der Waals surface area contributed by atoms with Gasteiger partial charge in [-0.15, -0.1) is 0 Å². The van der Waals surface area contributed by atoms with E-state index in [-0.39, 0.29) is 0 Å². The van der Waals surface area contributed by atoms with Crippen LogP contribution in [-0.4, -0.2) is 58.5 Å². The summed E-state index contributed by atoms with van der Waals surface area (Å²) in [7, 11) is 3.93. The number of benzene rings is 1. The quantitative estimate of drug-likeness (QED) is 0.787. The Labute approximate surface area is 110 Å². The molecule has 0 unspecified atom stereocenters. The van der Waals surface area contributed by atoms with Gasteiger partial charge in [0.25, 0.3) is 0 Å². The van der Waals surface area contributed by atoms with E-state index in [1.165, 1.54) is 5.69 Å². The third-order valence-corrected chi connectivity index (χ3v) is 3.63. The summed E-state index contributed by atoms with van der Waals surface area (Å²) < 4.78 is 5.13. The van der Waals surface area contributed by atoms with Crippen molar-refractivity contribution in [1.82, 2.24) is 5.01 Å². The summed E-state index contributed by atoms with van der Waals surface area (Å²) in [5.74, 6) is 0. The van der Waals surface area contributed by atoms with Gasteiger partial charge in [0.15, 0.2) is 0 Å². The number of para-hydroxylation sites is 1. The number of methoxy groups -OCH3 is 1. The minimum Gasteiger partial charge on any atom is -0.383 e. The van der Waals surface area contributed by atoms with Crippen molar-refractivity contribution in [2.45, 2.75) is 0 Å². The fourth-order valence-electron chi connectivity index (χ4n) is 2.43. The molecule has 1 fully saturated rings. The summed E-state index contributed by atoms with van der Waals surface area (Å²) in [6.07, 6.45) is 0. The highest BCUT2D eigenvalue weighted by Crippen LogP contribution is 2.12. The van der Waals surface area contributed by atoms with Gasteiger partial charge in [-0.25, -0.2) is 0 Å². The summed E-state index contributed by atoms with van der Waals surface area (Å²) in [6.45, 7) is 6.37. The third-order valence-electron chi connectivity index (χ3n) is 3.63. The first-order valence-electron chi connectivity index (χ1n) is 6.66. The minimum absolute atomic E-state index is 0.808. The van der Waals surface area contributed by atoms with Crippen molar-refractivity contribution in [2.75, 3.05) is 58.4 Å². The fourth-order valence-corrected chi connectivity index (χ4v) is 2.43. The van der Waals surface area contributed by atoms with Crippen molar-refractivity contribution in [3.8, 4) is 0 Å². The number of nitrogens with one attached hydrogen (secondary N) is 1. The molecule has 0 bridgehead atoms. The number of hydrogen-bond acceptors (Lipinski definition) is 3. The normalized spacial score (nSPS) is 17.4. The van der Waals surface area contributed by atoms with Crippen LogP contribution in [0.4, 0.5) is 5.69 Å². The molecule has 4 nitrogen and oxygen atoms in total. The zero-order valence-electron chi connectivity index (χ0n) is 11.4. The van der Waals surface area contributed by atoms with Gasteiger partial charge in [0.1, 0.15) is 13.1 Å². The van der Waals surface area contributed by atoms with Gasteiger partial charge in [0.05, 0.1) is 26.2 Å². The smallest absolute Gasteiger partial charge is 0.113 e. The molecule has 0 atom stereocenters. The highest BCUT2D eigenvalue weighted by atomic mass is 16.5. The van der Waals surface area contributed by atoms with E-state index < -0.39 is 0 Å². The van der Waals surface area contributed by atoms with Crippen LogP contribution in [0.25, 0.3) is 0 Å². The second-order valence-corrected chi connectivity index (χ2v) is 4.80. The predicted molar refractivity (Wildman–Crippen MR) is 73.9 cm³/mol. The van der Waals surface area contributed by atoms with Crippen LogP contribution in [0.15, 0.2) is 30.3 Å². The molecule has 1 saturated heterocycles. The van der Waals surface area contributed by atoms with Crippen LogP contribution >= 0.6 is 0 Å². The molecular weight excluding hydrogens is 226 g/mol. The average molecular weight is 250 g/mol. The zero-order chi connectivity index (χ0) is 12.8. The monoisotopic (exact) mass is 250 g/mol. The highest BCUT2D eigenvalue weighted by molar-refractivity contribution is 5.45. The van der Waals surface area contributed by atoms with E-state index in [0.29, 0.717) is 0 Å². The van der Waals surface area contributed by atoms with Gasteiger partial charge >= 0.3 is 0 Å². The Kier molecular flexibility index (Phi) is 4.99. The number of likely N-dealkylation sites (N-methyl/N-ethyl adjacent to an activating group) is 1. The Bertz CT molecular complexity index is 336. The Balaban J connectivity index is 1.81. The molecule has 1 aromatic rings. The van der Waals surface area contributed by atoms with Crippen LogP contribution in [0.3, 0.4) is 0 Å². The Hall–Kier alpha value is -1.10. The molecule has 1 aromatic carbocycles. The first-order chi connectivity index (χ1) is 8.81. The van der Waals surface area contributed by atoms with Crippen molar-refractivity contribution < 1.29 is 9.75 Å². The van der Waals surface area contributed by atoms with Crippen molar-refractivity contribution in [3.63, 3.8) is 0 Å². The van der Waals surface area contributed by atoms with E-state index >= 15 is 0 Å². The molecule has 1 aliphatic rings. The van der Waals surface area contributed by atoms with Crippen molar-refractivity contribution in [2.24, 2.45) is 0 Å². The molecule has 4 heteroatoms. The molecule has 100 valence electrons. The topological polar surface area (TPSA) is 20.1 Å². The Morgan fingerprint density at radius 3 is 2.50 bits per heavy atom. The number of nitrogens with zero attached hydrogens (tertiary/aromatic N) is 2. The van der Waals surface area contributed by atoms with Crippen LogP contribution in [-0.2, 0) is 4.74 Å². The van der Waals surface area contributed by atoms with Gasteiger partial charge in [-0.3, -0.25) is 5.01 Å². The maximum atomic E-state index is 5.13. The summed E-state index contributed by atoms with van der Waals surface area (Å²) in [6, 6.07) is 10.7. The maximum absolute atomic E-state index is 5.13. The second kappa shape index (κ2) is 6.73. The highest BCUT2D eigenvalue weighted by Gasteiger charge is 2.23. The molecule has 0 spiro atoms. The lowest BCUT2D eigenvalue weighted by Gasteiger charge is -2.37. The number of piperazine rings is 1. The predicted octanol–water partition coefficient (Wildman–Crippen LogP) is -0.115. The summed E-state index contributed by atoms with van der Waals surface area (Å²) >= 11 is 0. The summed E-state index contributed by atoms with van der Waals surface area (Å²) in [5.41, 5.74) is 1.34. The van der Waals surface area contributed by atoms with E-state index in [1.807, 2.05) is 0 Å². The van der Waals surface area contributed by atoms with E-state index in [4.69, 9.17) is 4.74 Å². The molecule has 2 rings (SSSR count). The van der Waals surface area contributed by atoms with E-state index in [1.54, 1.807) is 12.1 Å². The molecule has 1 N–H and O–H groups in total. The van der Waals surface area contributed by atoms with Gasteiger partial charge in [-0.2, -0.15) is 5.01 Å². The van der Waals surface area contributed by atoms with Crippen LogP contribution in [0, 0.1) is 0 Å². The lowest BCUT2D eigenvalue weighted by atomic mass is 10.2. The number of rotatable bonds is 5. The molecule has 0 aromatic heterocycles. The molecule has 0 saturated carbocycles. The number of anilines is 1. The summed E-state index contributed by atoms with van der Waals surface area (Å²) in [4.78, 5) is 2.47. The Morgan fingerprint density at radius 1 is 1.22 bits per heavy atom. The number of ether oxygens (including phenoxy) is 1. The fraction of sp³-hybridized carbons (Fsp3) is 0.571. The number of hydrogen-bond donors (Lipinski definition) is 1.